The Labute approximate surface area is 119 Å². The van der Waals surface area contributed by atoms with E-state index in [2.05, 4.69) is 25.8 Å². The van der Waals surface area contributed by atoms with Crippen LogP contribution in [0.25, 0.3) is 0 Å². The number of amides is 1. The largest absolute Gasteiger partial charge is 0.346 e. The molecule has 1 amide bonds. The van der Waals surface area contributed by atoms with Crippen molar-refractivity contribution in [3.63, 3.8) is 0 Å². The number of nitrogens with zero attached hydrogens (tertiary/aromatic N) is 2. The van der Waals surface area contributed by atoms with Gasteiger partial charge in [0, 0.05) is 11.6 Å². The first kappa shape index (κ1) is 13.5. The second-order valence-corrected chi connectivity index (χ2v) is 6.18. The summed E-state index contributed by atoms with van der Waals surface area (Å²) >= 11 is 0. The Balaban J connectivity index is 1.61. The van der Waals surface area contributed by atoms with E-state index in [4.69, 9.17) is 0 Å². The van der Waals surface area contributed by atoms with E-state index in [0.29, 0.717) is 5.82 Å². The maximum atomic E-state index is 12.1. The molecule has 1 aliphatic carbocycles. The molecule has 110 valence electrons. The lowest BCUT2D eigenvalue weighted by atomic mass is 9.75. The molecule has 6 heteroatoms. The van der Waals surface area contributed by atoms with Gasteiger partial charge in [0.25, 0.3) is 5.91 Å². The van der Waals surface area contributed by atoms with Crippen molar-refractivity contribution in [3.8, 4) is 0 Å². The summed E-state index contributed by atoms with van der Waals surface area (Å²) in [6, 6.07) is 0.237. The van der Waals surface area contributed by atoms with Crippen molar-refractivity contribution < 1.29 is 4.79 Å². The van der Waals surface area contributed by atoms with Gasteiger partial charge in [-0.1, -0.05) is 19.3 Å². The third kappa shape index (κ3) is 2.85. The van der Waals surface area contributed by atoms with Gasteiger partial charge < -0.3 is 10.6 Å². The highest BCUT2D eigenvalue weighted by Gasteiger charge is 2.37. The molecule has 1 saturated heterocycles. The van der Waals surface area contributed by atoms with Crippen molar-refractivity contribution in [2.24, 2.45) is 0 Å². The van der Waals surface area contributed by atoms with Crippen LogP contribution in [0.15, 0.2) is 0 Å². The summed E-state index contributed by atoms with van der Waals surface area (Å²) in [6.45, 7) is 2.78. The maximum absolute atomic E-state index is 12.1. The molecular weight excluding hydrogens is 254 g/mol. The molecule has 1 spiro atoms. The lowest BCUT2D eigenvalue weighted by molar-refractivity contribution is 0.0882. The van der Waals surface area contributed by atoms with Crippen LogP contribution in [-0.2, 0) is 0 Å². The zero-order chi connectivity index (χ0) is 14.0. The SMILES string of the molecule is Cc1nc(C(=O)NC2CCNC3(CCCCC3)C2)n[nH]1. The predicted octanol–water partition coefficient (Wildman–Crippen LogP) is 1.30. The molecule has 0 bridgehead atoms. The summed E-state index contributed by atoms with van der Waals surface area (Å²) in [6.07, 6.45) is 8.43. The molecule has 3 rings (SSSR count). The summed E-state index contributed by atoms with van der Waals surface area (Å²) in [5, 5.41) is 13.4. The van der Waals surface area contributed by atoms with Crippen LogP contribution in [-0.4, -0.2) is 39.2 Å². The molecule has 1 aromatic rings. The van der Waals surface area contributed by atoms with Crippen LogP contribution in [0.4, 0.5) is 0 Å². The summed E-state index contributed by atoms with van der Waals surface area (Å²) in [7, 11) is 0. The minimum atomic E-state index is -0.160. The number of aromatic amines is 1. The smallest absolute Gasteiger partial charge is 0.291 e. The van der Waals surface area contributed by atoms with E-state index in [1.165, 1.54) is 32.1 Å². The maximum Gasteiger partial charge on any atom is 0.291 e. The highest BCUT2D eigenvalue weighted by atomic mass is 16.2. The van der Waals surface area contributed by atoms with Gasteiger partial charge in [-0.3, -0.25) is 9.89 Å². The molecule has 2 aliphatic rings. The van der Waals surface area contributed by atoms with E-state index in [1.807, 2.05) is 0 Å². The molecule has 0 radical (unpaired) electrons. The van der Waals surface area contributed by atoms with Crippen molar-refractivity contribution in [2.75, 3.05) is 6.54 Å². The number of nitrogens with one attached hydrogen (secondary N) is 3. The summed E-state index contributed by atoms with van der Waals surface area (Å²) < 4.78 is 0. The Hall–Kier alpha value is -1.43. The Morgan fingerprint density at radius 1 is 1.35 bits per heavy atom. The molecule has 6 nitrogen and oxygen atoms in total. The van der Waals surface area contributed by atoms with E-state index < -0.39 is 0 Å². The second kappa shape index (κ2) is 5.52. The zero-order valence-electron chi connectivity index (χ0n) is 12.0. The van der Waals surface area contributed by atoms with Gasteiger partial charge in [0.15, 0.2) is 0 Å². The van der Waals surface area contributed by atoms with Crippen molar-refractivity contribution in [2.45, 2.75) is 63.5 Å². The van der Waals surface area contributed by atoms with Gasteiger partial charge in [-0.2, -0.15) is 0 Å². The molecule has 0 aromatic carbocycles. The fourth-order valence-electron chi connectivity index (χ4n) is 3.58. The van der Waals surface area contributed by atoms with Crippen LogP contribution >= 0.6 is 0 Å². The summed E-state index contributed by atoms with van der Waals surface area (Å²) in [5.74, 6) is 0.759. The fraction of sp³-hybridized carbons (Fsp3) is 0.786. The Bertz CT molecular complexity index is 472. The number of aromatic nitrogens is 3. The summed E-state index contributed by atoms with van der Waals surface area (Å²) in [4.78, 5) is 16.2. The number of hydrogen-bond donors (Lipinski definition) is 3. The molecule has 2 heterocycles. The van der Waals surface area contributed by atoms with Gasteiger partial charge in [-0.05, 0) is 39.2 Å². The van der Waals surface area contributed by atoms with E-state index in [1.54, 1.807) is 6.92 Å². The standard InChI is InChI=1S/C14H23N5O/c1-10-16-12(19-18-10)13(20)17-11-5-8-15-14(9-11)6-3-2-4-7-14/h11,15H,2-9H2,1H3,(H,17,20)(H,16,18,19). The first-order valence-corrected chi connectivity index (χ1v) is 7.62. The summed E-state index contributed by atoms with van der Waals surface area (Å²) in [5.41, 5.74) is 0.253. The molecular formula is C14H23N5O. The molecule has 3 N–H and O–H groups in total. The molecule has 1 unspecified atom stereocenters. The lowest BCUT2D eigenvalue weighted by Gasteiger charge is -2.44. The third-order valence-corrected chi connectivity index (χ3v) is 4.58. The number of rotatable bonds is 2. The van der Waals surface area contributed by atoms with Gasteiger partial charge in [-0.15, -0.1) is 5.10 Å². The van der Waals surface area contributed by atoms with E-state index in [-0.39, 0.29) is 23.3 Å². The minimum Gasteiger partial charge on any atom is -0.346 e. The highest BCUT2D eigenvalue weighted by Crippen LogP contribution is 2.34. The van der Waals surface area contributed by atoms with Crippen LogP contribution in [0.2, 0.25) is 0 Å². The van der Waals surface area contributed by atoms with Crippen LogP contribution in [0.3, 0.4) is 0 Å². The number of carbonyl (C=O) groups is 1. The Kier molecular flexibility index (Phi) is 3.74. The highest BCUT2D eigenvalue weighted by molar-refractivity contribution is 5.90. The molecule has 1 saturated carbocycles. The quantitative estimate of drug-likeness (QED) is 0.761. The topological polar surface area (TPSA) is 82.7 Å². The number of H-pyrrole nitrogens is 1. The second-order valence-electron chi connectivity index (χ2n) is 6.18. The molecule has 20 heavy (non-hydrogen) atoms. The Morgan fingerprint density at radius 3 is 2.85 bits per heavy atom. The normalized spacial score (nSPS) is 25.6. The van der Waals surface area contributed by atoms with Gasteiger partial charge in [-0.25, -0.2) is 4.98 Å². The minimum absolute atomic E-state index is 0.160. The Morgan fingerprint density at radius 2 is 2.15 bits per heavy atom. The lowest BCUT2D eigenvalue weighted by Crippen LogP contribution is -2.57. The van der Waals surface area contributed by atoms with Gasteiger partial charge in [0.05, 0.1) is 0 Å². The van der Waals surface area contributed by atoms with Gasteiger partial charge in [0.2, 0.25) is 5.82 Å². The van der Waals surface area contributed by atoms with E-state index >= 15 is 0 Å². The fourth-order valence-corrected chi connectivity index (χ4v) is 3.58. The number of aryl methyl sites for hydroxylation is 1. The first-order chi connectivity index (χ1) is 9.67. The van der Waals surface area contributed by atoms with Crippen LogP contribution < -0.4 is 10.6 Å². The third-order valence-electron chi connectivity index (χ3n) is 4.58. The number of carbonyl (C=O) groups excluding carboxylic acids is 1. The van der Waals surface area contributed by atoms with Crippen LogP contribution in [0, 0.1) is 6.92 Å². The van der Waals surface area contributed by atoms with Crippen molar-refractivity contribution in [1.29, 1.82) is 0 Å². The average Bonchev–Trinajstić information content (AvgIpc) is 2.86. The van der Waals surface area contributed by atoms with Gasteiger partial charge in [0.1, 0.15) is 5.82 Å². The number of piperidine rings is 1. The van der Waals surface area contributed by atoms with E-state index in [0.717, 1.165) is 19.4 Å². The zero-order valence-corrected chi connectivity index (χ0v) is 12.0. The molecule has 1 aromatic heterocycles. The van der Waals surface area contributed by atoms with E-state index in [9.17, 15) is 4.79 Å². The van der Waals surface area contributed by atoms with Gasteiger partial charge >= 0.3 is 0 Å². The van der Waals surface area contributed by atoms with Crippen LogP contribution in [0.5, 0.6) is 0 Å². The molecule has 1 atom stereocenters. The van der Waals surface area contributed by atoms with Crippen molar-refractivity contribution in [1.82, 2.24) is 25.8 Å². The molecule has 2 fully saturated rings. The number of hydrogen-bond acceptors (Lipinski definition) is 4. The predicted molar refractivity (Wildman–Crippen MR) is 75.4 cm³/mol. The average molecular weight is 277 g/mol. The monoisotopic (exact) mass is 277 g/mol. The van der Waals surface area contributed by atoms with Crippen molar-refractivity contribution in [3.05, 3.63) is 11.6 Å². The van der Waals surface area contributed by atoms with Crippen LogP contribution in [0.1, 0.15) is 61.4 Å². The van der Waals surface area contributed by atoms with Crippen molar-refractivity contribution >= 4 is 5.91 Å². The molecule has 1 aliphatic heterocycles. The first-order valence-electron chi connectivity index (χ1n) is 7.62.